The van der Waals surface area contributed by atoms with Gasteiger partial charge in [-0.1, -0.05) is 5.92 Å². The normalized spacial score (nSPS) is 8.71. The smallest absolute Gasteiger partial charge is 0.135 e. The van der Waals surface area contributed by atoms with Crippen molar-refractivity contribution in [1.29, 1.82) is 0 Å². The Morgan fingerprint density at radius 3 is 2.29 bits per heavy atom. The van der Waals surface area contributed by atoms with Gasteiger partial charge in [-0.05, 0) is 37.6 Å². The number of hydrogen-bond donors (Lipinski definition) is 1. The van der Waals surface area contributed by atoms with Crippen LogP contribution in [0.1, 0.15) is 18.1 Å². The van der Waals surface area contributed by atoms with Gasteiger partial charge < -0.3 is 15.2 Å². The van der Waals surface area contributed by atoms with Gasteiger partial charge in [0, 0.05) is 0 Å². The molecular weight excluding hydrogens is 238 g/mol. The predicted octanol–water partition coefficient (Wildman–Crippen LogP) is 2.00. The summed E-state index contributed by atoms with van der Waals surface area (Å²) in [5.74, 6) is 7.41. The molecule has 17 heavy (non-hydrogen) atoms. The first kappa shape index (κ1) is 15.6. The molecule has 0 saturated heterocycles. The Hall–Kier alpha value is -1.37. The number of benzene rings is 1. The summed E-state index contributed by atoms with van der Waals surface area (Å²) in [5.41, 5.74) is 7.43. The van der Waals surface area contributed by atoms with Crippen molar-refractivity contribution in [3.05, 3.63) is 23.3 Å². The van der Waals surface area contributed by atoms with Gasteiger partial charge in [0.1, 0.15) is 11.5 Å². The summed E-state index contributed by atoms with van der Waals surface area (Å²) in [6, 6.07) is 3.83. The van der Waals surface area contributed by atoms with Gasteiger partial charge in [-0.15, -0.1) is 18.3 Å². The average molecular weight is 256 g/mol. The Morgan fingerprint density at radius 2 is 1.82 bits per heavy atom. The molecule has 94 valence electrons. The number of rotatable bonds is 4. The molecule has 0 bridgehead atoms. The van der Waals surface area contributed by atoms with Crippen LogP contribution >= 0.6 is 12.4 Å². The van der Waals surface area contributed by atoms with Crippen molar-refractivity contribution < 1.29 is 9.47 Å². The summed E-state index contributed by atoms with van der Waals surface area (Å²) in [4.78, 5) is 0. The number of halogens is 1. The highest BCUT2D eigenvalue weighted by atomic mass is 35.5. The fourth-order valence-corrected chi connectivity index (χ4v) is 1.54. The summed E-state index contributed by atoms with van der Waals surface area (Å²) < 4.78 is 10.6. The van der Waals surface area contributed by atoms with E-state index in [2.05, 4.69) is 11.8 Å². The standard InChI is InChI=1S/C13H17NO2.ClH/c1-4-5-10-8-13(16-3)11(6-7-14)9-12(10)15-2;/h8-9H,6-7,14H2,1-3H3;1H. The highest BCUT2D eigenvalue weighted by molar-refractivity contribution is 5.85. The highest BCUT2D eigenvalue weighted by Crippen LogP contribution is 2.28. The molecule has 0 spiro atoms. The number of hydrogen-bond acceptors (Lipinski definition) is 3. The van der Waals surface area contributed by atoms with Gasteiger partial charge in [-0.2, -0.15) is 0 Å². The maximum Gasteiger partial charge on any atom is 0.135 e. The predicted molar refractivity (Wildman–Crippen MR) is 72.1 cm³/mol. The minimum Gasteiger partial charge on any atom is -0.496 e. The van der Waals surface area contributed by atoms with E-state index in [9.17, 15) is 0 Å². The molecule has 0 radical (unpaired) electrons. The van der Waals surface area contributed by atoms with Crippen molar-refractivity contribution in [2.75, 3.05) is 20.8 Å². The minimum absolute atomic E-state index is 0. The van der Waals surface area contributed by atoms with Crippen molar-refractivity contribution >= 4 is 12.4 Å². The molecule has 1 aromatic carbocycles. The molecule has 0 aliphatic carbocycles. The molecular formula is C13H18ClNO2. The van der Waals surface area contributed by atoms with E-state index in [1.807, 2.05) is 12.1 Å². The fourth-order valence-electron chi connectivity index (χ4n) is 1.54. The van der Waals surface area contributed by atoms with E-state index in [1.54, 1.807) is 21.1 Å². The van der Waals surface area contributed by atoms with Crippen LogP contribution in [0.4, 0.5) is 0 Å². The Kier molecular flexibility index (Phi) is 7.20. The van der Waals surface area contributed by atoms with Crippen LogP contribution in [0.5, 0.6) is 11.5 Å². The topological polar surface area (TPSA) is 44.5 Å². The van der Waals surface area contributed by atoms with E-state index in [-0.39, 0.29) is 12.4 Å². The molecule has 3 nitrogen and oxygen atoms in total. The van der Waals surface area contributed by atoms with Crippen LogP contribution in [0.15, 0.2) is 12.1 Å². The van der Waals surface area contributed by atoms with Gasteiger partial charge in [0.15, 0.2) is 0 Å². The molecule has 0 atom stereocenters. The zero-order valence-electron chi connectivity index (χ0n) is 10.4. The van der Waals surface area contributed by atoms with Crippen molar-refractivity contribution in [3.63, 3.8) is 0 Å². The van der Waals surface area contributed by atoms with Crippen molar-refractivity contribution in [2.45, 2.75) is 13.3 Å². The molecule has 0 heterocycles. The monoisotopic (exact) mass is 255 g/mol. The Bertz CT molecular complexity index is 421. The van der Waals surface area contributed by atoms with Crippen LogP contribution in [0.2, 0.25) is 0 Å². The second kappa shape index (κ2) is 7.83. The summed E-state index contributed by atoms with van der Waals surface area (Å²) in [7, 11) is 3.28. The van der Waals surface area contributed by atoms with Gasteiger partial charge in [0.25, 0.3) is 0 Å². The van der Waals surface area contributed by atoms with Crippen molar-refractivity contribution in [2.24, 2.45) is 5.73 Å². The van der Waals surface area contributed by atoms with Crippen LogP contribution in [-0.2, 0) is 6.42 Å². The van der Waals surface area contributed by atoms with Gasteiger partial charge in [-0.25, -0.2) is 0 Å². The van der Waals surface area contributed by atoms with Gasteiger partial charge in [-0.3, -0.25) is 0 Å². The third kappa shape index (κ3) is 3.85. The van der Waals surface area contributed by atoms with E-state index in [0.717, 1.165) is 29.0 Å². The van der Waals surface area contributed by atoms with Gasteiger partial charge in [0.2, 0.25) is 0 Å². The second-order valence-corrected chi connectivity index (χ2v) is 3.28. The average Bonchev–Trinajstić information content (AvgIpc) is 2.31. The largest absolute Gasteiger partial charge is 0.496 e. The van der Waals surface area contributed by atoms with Crippen LogP contribution in [0.25, 0.3) is 0 Å². The highest BCUT2D eigenvalue weighted by Gasteiger charge is 2.09. The maximum absolute atomic E-state index is 5.55. The third-order valence-corrected chi connectivity index (χ3v) is 2.28. The molecule has 2 N–H and O–H groups in total. The maximum atomic E-state index is 5.55. The van der Waals surface area contributed by atoms with Crippen LogP contribution < -0.4 is 15.2 Å². The quantitative estimate of drug-likeness (QED) is 0.837. The van der Waals surface area contributed by atoms with E-state index in [4.69, 9.17) is 15.2 Å². The van der Waals surface area contributed by atoms with Crippen LogP contribution in [-0.4, -0.2) is 20.8 Å². The number of methoxy groups -OCH3 is 2. The van der Waals surface area contributed by atoms with E-state index in [1.165, 1.54) is 0 Å². The Morgan fingerprint density at radius 1 is 1.18 bits per heavy atom. The molecule has 0 aliphatic heterocycles. The summed E-state index contributed by atoms with van der Waals surface area (Å²) in [6.07, 6.45) is 0.763. The Balaban J connectivity index is 0.00000256. The van der Waals surface area contributed by atoms with Crippen molar-refractivity contribution in [1.82, 2.24) is 0 Å². The molecule has 0 unspecified atom stereocenters. The molecule has 0 amide bonds. The first-order chi connectivity index (χ1) is 7.76. The zero-order valence-corrected chi connectivity index (χ0v) is 11.2. The lowest BCUT2D eigenvalue weighted by molar-refractivity contribution is 0.398. The number of nitrogens with two attached hydrogens (primary N) is 1. The summed E-state index contributed by atoms with van der Waals surface area (Å²) in [5, 5.41) is 0. The number of ether oxygens (including phenoxy) is 2. The van der Waals surface area contributed by atoms with Gasteiger partial charge in [0.05, 0.1) is 19.8 Å². The van der Waals surface area contributed by atoms with Crippen LogP contribution in [0.3, 0.4) is 0 Å². The molecule has 0 aromatic heterocycles. The fraction of sp³-hybridized carbons (Fsp3) is 0.385. The molecule has 0 aliphatic rings. The van der Waals surface area contributed by atoms with Gasteiger partial charge >= 0.3 is 0 Å². The Labute approximate surface area is 109 Å². The SMILES string of the molecule is CC#Cc1cc(OC)c(CCN)cc1OC.Cl. The summed E-state index contributed by atoms with van der Waals surface area (Å²) in [6.45, 7) is 2.37. The van der Waals surface area contributed by atoms with E-state index < -0.39 is 0 Å². The van der Waals surface area contributed by atoms with Crippen LogP contribution in [0, 0.1) is 11.8 Å². The molecule has 1 aromatic rings. The van der Waals surface area contributed by atoms with E-state index >= 15 is 0 Å². The lowest BCUT2D eigenvalue weighted by Gasteiger charge is -2.11. The summed E-state index contributed by atoms with van der Waals surface area (Å²) >= 11 is 0. The molecule has 4 heteroatoms. The lowest BCUT2D eigenvalue weighted by atomic mass is 10.1. The van der Waals surface area contributed by atoms with Crippen molar-refractivity contribution in [3.8, 4) is 23.3 Å². The first-order valence-electron chi connectivity index (χ1n) is 5.14. The first-order valence-corrected chi connectivity index (χ1v) is 5.14. The second-order valence-electron chi connectivity index (χ2n) is 3.28. The molecule has 0 saturated carbocycles. The molecule has 1 rings (SSSR count). The molecule has 0 fully saturated rings. The third-order valence-electron chi connectivity index (χ3n) is 2.28. The zero-order chi connectivity index (χ0) is 12.0. The minimum atomic E-state index is 0. The lowest BCUT2D eigenvalue weighted by Crippen LogP contribution is -2.05. The van der Waals surface area contributed by atoms with E-state index in [0.29, 0.717) is 6.54 Å².